The highest BCUT2D eigenvalue weighted by Crippen LogP contribution is 2.36. The Kier molecular flexibility index (Phi) is 9.03. The van der Waals surface area contributed by atoms with Crippen LogP contribution < -0.4 is 24.8 Å². The lowest BCUT2D eigenvalue weighted by molar-refractivity contribution is -0.122. The second-order valence-corrected chi connectivity index (χ2v) is 11.1. The third kappa shape index (κ3) is 6.39. The molecule has 1 fully saturated rings. The fourth-order valence-corrected chi connectivity index (χ4v) is 5.30. The molecule has 12 nitrogen and oxygen atoms in total. The maximum atomic E-state index is 13.7. The predicted octanol–water partition coefficient (Wildman–Crippen LogP) is 3.16. The monoisotopic (exact) mass is 582 g/mol. The number of ether oxygens (including phenoxy) is 4. The van der Waals surface area contributed by atoms with Crippen LogP contribution in [0.3, 0.4) is 0 Å². The molecule has 4 amide bonds. The van der Waals surface area contributed by atoms with Gasteiger partial charge < -0.3 is 44.5 Å². The number of nitrogens with one attached hydrogen (secondary N) is 2. The van der Waals surface area contributed by atoms with Gasteiger partial charge in [-0.25, -0.2) is 4.79 Å². The highest BCUT2D eigenvalue weighted by molar-refractivity contribution is 6.02. The fourth-order valence-electron chi connectivity index (χ4n) is 5.30. The number of amides is 4. The van der Waals surface area contributed by atoms with Crippen molar-refractivity contribution >= 4 is 29.2 Å². The number of hydrogen-bond acceptors (Lipinski definition) is 8. The topological polar surface area (TPSA) is 139 Å². The number of aliphatic hydroxyl groups excluding tert-OH is 1. The van der Waals surface area contributed by atoms with Crippen LogP contribution in [0.15, 0.2) is 36.4 Å². The molecule has 2 aromatic carbocycles. The summed E-state index contributed by atoms with van der Waals surface area (Å²) in [6, 6.07) is 9.43. The van der Waals surface area contributed by atoms with Crippen molar-refractivity contribution in [2.24, 2.45) is 11.8 Å². The van der Waals surface area contributed by atoms with Crippen LogP contribution in [0.25, 0.3) is 0 Å². The van der Waals surface area contributed by atoms with Gasteiger partial charge >= 0.3 is 6.03 Å². The highest BCUT2D eigenvalue weighted by atomic mass is 16.7. The molecule has 3 aliphatic heterocycles. The first-order valence-corrected chi connectivity index (χ1v) is 14.3. The summed E-state index contributed by atoms with van der Waals surface area (Å²) in [6.07, 6.45) is 0.690. The first-order valence-electron chi connectivity index (χ1n) is 14.3. The number of hydrogen-bond donors (Lipinski definition) is 3. The van der Waals surface area contributed by atoms with Crippen molar-refractivity contribution in [3.05, 3.63) is 42.0 Å². The standard InChI is InChI=1S/C30H38N4O8/c1-18-14-34(19(2)16-35)29(37)22-5-4-6-23(32-28(36)20-9-11-39-12-10-20)27(22)42-26(18)15-33(3)30(38)31-21-7-8-24-25(13-21)41-17-40-24/h4-8,13,18-20,26,35H,9-12,14-17H2,1-3H3,(H,31,38)(H,32,36)/t18-,19+,26-/m0/s1. The molecule has 0 radical (unpaired) electrons. The molecule has 0 unspecified atom stereocenters. The molecule has 0 bridgehead atoms. The van der Waals surface area contributed by atoms with Crippen LogP contribution in [0.5, 0.6) is 17.2 Å². The van der Waals surface area contributed by atoms with Crippen molar-refractivity contribution in [2.45, 2.75) is 38.8 Å². The largest absolute Gasteiger partial charge is 0.485 e. The van der Waals surface area contributed by atoms with E-state index in [1.54, 1.807) is 55.3 Å². The van der Waals surface area contributed by atoms with Crippen LogP contribution in [-0.2, 0) is 9.53 Å². The first kappa shape index (κ1) is 29.5. The molecular weight excluding hydrogens is 544 g/mol. The van der Waals surface area contributed by atoms with E-state index in [0.717, 1.165) is 0 Å². The van der Waals surface area contributed by atoms with E-state index >= 15 is 0 Å². The molecular formula is C30H38N4O8. The van der Waals surface area contributed by atoms with E-state index in [4.69, 9.17) is 18.9 Å². The quantitative estimate of drug-likeness (QED) is 0.453. The summed E-state index contributed by atoms with van der Waals surface area (Å²) in [7, 11) is 1.66. The summed E-state index contributed by atoms with van der Waals surface area (Å²) in [5.74, 6) is 0.541. The Bertz CT molecular complexity index is 1310. The van der Waals surface area contributed by atoms with Gasteiger partial charge in [-0.05, 0) is 44.0 Å². The number of nitrogens with zero attached hydrogens (tertiary/aromatic N) is 2. The number of urea groups is 1. The number of likely N-dealkylation sites (N-methyl/N-ethyl adjacent to an activating group) is 1. The van der Waals surface area contributed by atoms with Crippen molar-refractivity contribution < 1.29 is 38.4 Å². The molecule has 226 valence electrons. The zero-order chi connectivity index (χ0) is 29.8. The number of fused-ring (bicyclic) bond motifs is 2. The summed E-state index contributed by atoms with van der Waals surface area (Å²) in [4.78, 5) is 43.1. The zero-order valence-corrected chi connectivity index (χ0v) is 24.1. The average molecular weight is 583 g/mol. The molecule has 5 rings (SSSR count). The second-order valence-electron chi connectivity index (χ2n) is 11.1. The molecule has 12 heteroatoms. The van der Waals surface area contributed by atoms with Crippen LogP contribution in [0.1, 0.15) is 37.0 Å². The lowest BCUT2D eigenvalue weighted by Crippen LogP contribution is -2.50. The van der Waals surface area contributed by atoms with E-state index in [0.29, 0.717) is 55.5 Å². The van der Waals surface area contributed by atoms with Gasteiger partial charge in [0.1, 0.15) is 6.10 Å². The van der Waals surface area contributed by atoms with Crippen molar-refractivity contribution in [3.63, 3.8) is 0 Å². The van der Waals surface area contributed by atoms with Gasteiger partial charge in [0.05, 0.1) is 30.4 Å². The Balaban J connectivity index is 1.39. The number of benzene rings is 2. The van der Waals surface area contributed by atoms with Gasteiger partial charge in [-0.15, -0.1) is 0 Å². The van der Waals surface area contributed by atoms with Crippen LogP contribution in [0.4, 0.5) is 16.2 Å². The summed E-state index contributed by atoms with van der Waals surface area (Å²) in [6.45, 7) is 5.18. The van der Waals surface area contributed by atoms with Gasteiger partial charge in [0.2, 0.25) is 12.7 Å². The average Bonchev–Trinajstić information content (AvgIpc) is 3.47. The molecule has 0 aliphatic carbocycles. The van der Waals surface area contributed by atoms with Crippen molar-refractivity contribution in [3.8, 4) is 17.2 Å². The predicted molar refractivity (Wildman–Crippen MR) is 154 cm³/mol. The Labute approximate surface area is 244 Å². The molecule has 3 atom stereocenters. The van der Waals surface area contributed by atoms with E-state index < -0.39 is 12.1 Å². The van der Waals surface area contributed by atoms with Gasteiger partial charge in [0, 0.05) is 50.4 Å². The number of aliphatic hydroxyl groups is 1. The third-order valence-corrected chi connectivity index (χ3v) is 7.97. The van der Waals surface area contributed by atoms with E-state index in [2.05, 4.69) is 10.6 Å². The molecule has 3 aliphatic rings. The second kappa shape index (κ2) is 12.9. The number of carbonyl (C=O) groups excluding carboxylic acids is 3. The first-order chi connectivity index (χ1) is 20.2. The van der Waals surface area contributed by atoms with Crippen LogP contribution in [0.2, 0.25) is 0 Å². The molecule has 0 aromatic heterocycles. The van der Waals surface area contributed by atoms with E-state index in [1.165, 1.54) is 4.90 Å². The van der Waals surface area contributed by atoms with Gasteiger partial charge in [0.15, 0.2) is 17.2 Å². The SMILES string of the molecule is C[C@H](CO)N1C[C@H](C)[C@H](CN(C)C(=O)Nc2ccc3c(c2)OCO3)Oc2c(NC(=O)C3CCOCC3)cccc2C1=O. The molecule has 2 aromatic rings. The Morgan fingerprint density at radius 2 is 1.88 bits per heavy atom. The lowest BCUT2D eigenvalue weighted by Gasteiger charge is -2.38. The summed E-state index contributed by atoms with van der Waals surface area (Å²) < 4.78 is 22.7. The summed E-state index contributed by atoms with van der Waals surface area (Å²) in [5.41, 5.74) is 1.23. The number of anilines is 2. The van der Waals surface area contributed by atoms with Crippen LogP contribution in [0, 0.1) is 11.8 Å². The number of carbonyl (C=O) groups is 3. The smallest absolute Gasteiger partial charge is 0.321 e. The minimum absolute atomic E-state index is 0.136. The summed E-state index contributed by atoms with van der Waals surface area (Å²) >= 11 is 0. The number of para-hydroxylation sites is 1. The summed E-state index contributed by atoms with van der Waals surface area (Å²) in [5, 5.41) is 15.8. The Hall–Kier alpha value is -4.03. The Morgan fingerprint density at radius 1 is 1.12 bits per heavy atom. The number of rotatable bonds is 7. The zero-order valence-electron chi connectivity index (χ0n) is 24.1. The molecule has 3 N–H and O–H groups in total. The maximum absolute atomic E-state index is 13.7. The molecule has 1 saturated heterocycles. The van der Waals surface area contributed by atoms with Gasteiger partial charge in [0.25, 0.3) is 5.91 Å². The molecule has 3 heterocycles. The van der Waals surface area contributed by atoms with E-state index in [-0.39, 0.29) is 60.9 Å². The normalized spacial score (nSPS) is 21.0. The minimum atomic E-state index is -0.543. The van der Waals surface area contributed by atoms with Gasteiger partial charge in [-0.2, -0.15) is 0 Å². The third-order valence-electron chi connectivity index (χ3n) is 7.97. The van der Waals surface area contributed by atoms with E-state index in [1.807, 2.05) is 6.92 Å². The van der Waals surface area contributed by atoms with E-state index in [9.17, 15) is 19.5 Å². The maximum Gasteiger partial charge on any atom is 0.321 e. The van der Waals surface area contributed by atoms with Gasteiger partial charge in [-0.1, -0.05) is 13.0 Å². The lowest BCUT2D eigenvalue weighted by atomic mass is 9.98. The fraction of sp³-hybridized carbons (Fsp3) is 0.500. The minimum Gasteiger partial charge on any atom is -0.485 e. The van der Waals surface area contributed by atoms with Crippen molar-refractivity contribution in [1.29, 1.82) is 0 Å². The molecule has 0 spiro atoms. The highest BCUT2D eigenvalue weighted by Gasteiger charge is 2.35. The molecule has 0 saturated carbocycles. The van der Waals surface area contributed by atoms with Crippen molar-refractivity contribution in [1.82, 2.24) is 9.80 Å². The Morgan fingerprint density at radius 3 is 2.64 bits per heavy atom. The van der Waals surface area contributed by atoms with Crippen LogP contribution >= 0.6 is 0 Å². The van der Waals surface area contributed by atoms with Crippen LogP contribution in [-0.4, -0.2) is 91.6 Å². The van der Waals surface area contributed by atoms with Crippen molar-refractivity contribution in [2.75, 3.05) is 57.4 Å². The van der Waals surface area contributed by atoms with Gasteiger partial charge in [-0.3, -0.25) is 9.59 Å². The molecule has 42 heavy (non-hydrogen) atoms.